The third-order valence-electron chi connectivity index (χ3n) is 5.68. The molecule has 12 heteroatoms. The summed E-state index contributed by atoms with van der Waals surface area (Å²) in [5.41, 5.74) is 3.35. The fourth-order valence-electron chi connectivity index (χ4n) is 4.12. The molecule has 2 heterocycles. The maximum absolute atomic E-state index is 13.5. The maximum Gasteiger partial charge on any atom is 0.409 e. The number of amides is 3. The van der Waals surface area contributed by atoms with Crippen molar-refractivity contribution in [3.63, 3.8) is 0 Å². The minimum absolute atomic E-state index is 0.171. The molecule has 3 amide bonds. The second-order valence-corrected chi connectivity index (χ2v) is 12.2. The highest BCUT2D eigenvalue weighted by Gasteiger charge is 2.59. The molecule has 3 unspecified atom stereocenters. The van der Waals surface area contributed by atoms with Gasteiger partial charge in [0.15, 0.2) is 11.7 Å². The molecule has 3 rings (SSSR count). The zero-order valence-electron chi connectivity index (χ0n) is 21.5. The van der Waals surface area contributed by atoms with Crippen LogP contribution in [0.2, 0.25) is 0 Å². The van der Waals surface area contributed by atoms with Crippen molar-refractivity contribution in [3.8, 4) is 0 Å². The Morgan fingerprint density at radius 1 is 1.11 bits per heavy atom. The number of aliphatic hydroxyl groups excluding tert-OH is 1. The number of rotatable bonds is 5. The van der Waals surface area contributed by atoms with E-state index in [1.54, 1.807) is 47.6 Å². The summed E-state index contributed by atoms with van der Waals surface area (Å²) in [4.78, 5) is 53.0. The van der Waals surface area contributed by atoms with Gasteiger partial charge in [0, 0.05) is 5.75 Å². The van der Waals surface area contributed by atoms with Gasteiger partial charge in [-0.2, -0.15) is 0 Å². The van der Waals surface area contributed by atoms with Crippen molar-refractivity contribution >= 4 is 35.6 Å². The number of nitrogens with zero attached hydrogens (tertiary/aromatic N) is 1. The third kappa shape index (κ3) is 6.04. The minimum Gasteiger partial charge on any atom is -0.458 e. The van der Waals surface area contributed by atoms with E-state index in [9.17, 15) is 24.3 Å². The number of carbonyl (C=O) groups is 4. The Kier molecular flexibility index (Phi) is 7.83. The predicted octanol–water partition coefficient (Wildman–Crippen LogP) is 0.914. The summed E-state index contributed by atoms with van der Waals surface area (Å²) >= 11 is 1.24. The molecular weight excluding hydrogens is 488 g/mol. The van der Waals surface area contributed by atoms with E-state index in [1.807, 2.05) is 12.2 Å². The zero-order chi connectivity index (χ0) is 27.1. The van der Waals surface area contributed by atoms with Gasteiger partial charge in [-0.3, -0.25) is 20.6 Å². The Labute approximate surface area is 215 Å². The number of hydrogen-bond donors (Lipinski definition) is 4. The molecule has 0 aromatic rings. The van der Waals surface area contributed by atoms with Gasteiger partial charge in [-0.25, -0.2) is 9.59 Å². The van der Waals surface area contributed by atoms with E-state index in [0.29, 0.717) is 18.4 Å². The summed E-state index contributed by atoms with van der Waals surface area (Å²) in [7, 11) is 0. The van der Waals surface area contributed by atoms with Crippen molar-refractivity contribution in [2.24, 2.45) is 5.73 Å². The smallest absolute Gasteiger partial charge is 0.409 e. The largest absolute Gasteiger partial charge is 0.458 e. The number of nitrogens with one attached hydrogen (secondary N) is 2. The van der Waals surface area contributed by atoms with Gasteiger partial charge in [0.25, 0.3) is 5.91 Å². The van der Waals surface area contributed by atoms with Crippen LogP contribution in [0.3, 0.4) is 0 Å². The molecule has 0 aromatic heterocycles. The van der Waals surface area contributed by atoms with E-state index in [4.69, 9.17) is 15.2 Å². The van der Waals surface area contributed by atoms with Crippen LogP contribution >= 0.6 is 11.8 Å². The molecule has 0 aromatic carbocycles. The Balaban J connectivity index is 1.78. The van der Waals surface area contributed by atoms with Gasteiger partial charge in [-0.15, -0.1) is 11.8 Å². The Hall–Kier alpha value is -2.57. The summed E-state index contributed by atoms with van der Waals surface area (Å²) in [6, 6.07) is -2.17. The second-order valence-electron chi connectivity index (χ2n) is 11.0. The molecule has 0 radical (unpaired) electrons. The number of allylic oxidation sites excluding steroid dienone is 3. The Morgan fingerprint density at radius 3 is 2.31 bits per heavy atom. The summed E-state index contributed by atoms with van der Waals surface area (Å²) in [6.07, 6.45) is 4.36. The molecule has 2 aliphatic heterocycles. The highest BCUT2D eigenvalue weighted by molar-refractivity contribution is 8.00. The van der Waals surface area contributed by atoms with Crippen molar-refractivity contribution < 1.29 is 33.8 Å². The first-order valence-electron chi connectivity index (χ1n) is 11.8. The van der Waals surface area contributed by atoms with Crippen LogP contribution in [0.5, 0.6) is 0 Å². The zero-order valence-corrected chi connectivity index (χ0v) is 22.3. The Morgan fingerprint density at radius 2 is 1.75 bits per heavy atom. The lowest BCUT2D eigenvalue weighted by molar-refractivity contribution is -0.178. The first-order chi connectivity index (χ1) is 16.5. The van der Waals surface area contributed by atoms with Crippen LogP contribution in [-0.2, 0) is 23.9 Å². The highest BCUT2D eigenvalue weighted by Crippen LogP contribution is 2.39. The number of fused-ring (bicyclic) bond motifs is 1. The van der Waals surface area contributed by atoms with E-state index >= 15 is 0 Å². The van der Waals surface area contributed by atoms with Crippen LogP contribution in [0, 0.1) is 0 Å². The molecule has 5 atom stereocenters. The van der Waals surface area contributed by atoms with Crippen LogP contribution in [-0.4, -0.2) is 80.1 Å². The molecule has 0 spiro atoms. The number of thioether (sulfide) groups is 1. The van der Waals surface area contributed by atoms with Gasteiger partial charge >= 0.3 is 12.1 Å². The van der Waals surface area contributed by atoms with Crippen LogP contribution in [0.25, 0.3) is 0 Å². The number of ether oxygens (including phenoxy) is 2. The SMILES string of the molecule is CC(C)(C)OC(=O)NC(N)(C(=O)N[C@@H]1C(=O)N2C(C(=O)OC(C)(C)C)C(O)CS[C@@H]12)C1=CCC=CC1. The van der Waals surface area contributed by atoms with E-state index < -0.39 is 64.3 Å². The van der Waals surface area contributed by atoms with Gasteiger partial charge in [0.2, 0.25) is 5.91 Å². The number of nitrogens with two attached hydrogens (primary N) is 1. The summed E-state index contributed by atoms with van der Waals surface area (Å²) in [5, 5.41) is 15.0. The quantitative estimate of drug-likeness (QED) is 0.177. The fourth-order valence-corrected chi connectivity index (χ4v) is 5.47. The molecule has 0 saturated carbocycles. The predicted molar refractivity (Wildman–Crippen MR) is 133 cm³/mol. The lowest BCUT2D eigenvalue weighted by atomic mass is 9.91. The van der Waals surface area contributed by atoms with Crippen molar-refractivity contribution in [1.29, 1.82) is 0 Å². The first kappa shape index (κ1) is 28.0. The molecule has 200 valence electrons. The summed E-state index contributed by atoms with van der Waals surface area (Å²) in [5.74, 6) is -1.87. The lowest BCUT2D eigenvalue weighted by Crippen LogP contribution is -2.79. The van der Waals surface area contributed by atoms with Gasteiger partial charge in [0.05, 0.1) is 6.10 Å². The van der Waals surface area contributed by atoms with Gasteiger partial charge in [-0.1, -0.05) is 18.2 Å². The Bertz CT molecular complexity index is 984. The summed E-state index contributed by atoms with van der Waals surface area (Å²) < 4.78 is 10.7. The van der Waals surface area contributed by atoms with E-state index in [-0.39, 0.29) is 5.75 Å². The molecule has 3 aliphatic rings. The van der Waals surface area contributed by atoms with Gasteiger partial charge in [-0.05, 0) is 60.0 Å². The standard InChI is InChI=1S/C24H36N4O7S/c1-22(2,3)34-19(31)16-14(29)12-36-18-15(17(30)28(16)18)26-20(32)24(25,13-10-8-7-9-11-13)27-21(33)35-23(4,5)6/h7-8,11,14-16,18,29H,9-10,12,25H2,1-6H3,(H,26,32)(H,27,33)/t14?,15-,16?,18+,24?/m1/s1. The van der Waals surface area contributed by atoms with E-state index in [0.717, 1.165) is 0 Å². The molecule has 36 heavy (non-hydrogen) atoms. The molecule has 5 N–H and O–H groups in total. The molecule has 0 bridgehead atoms. The normalized spacial score (nSPS) is 27.6. The average molecular weight is 525 g/mol. The van der Waals surface area contributed by atoms with Gasteiger partial charge < -0.3 is 24.8 Å². The van der Waals surface area contributed by atoms with Crippen LogP contribution < -0.4 is 16.4 Å². The molecule has 1 aliphatic carbocycles. The molecule has 11 nitrogen and oxygen atoms in total. The van der Waals surface area contributed by atoms with Crippen LogP contribution in [0.15, 0.2) is 23.8 Å². The van der Waals surface area contributed by atoms with Crippen molar-refractivity contribution in [2.75, 3.05) is 5.75 Å². The van der Waals surface area contributed by atoms with Gasteiger partial charge in [0.1, 0.15) is 22.6 Å². The second kappa shape index (κ2) is 10.1. The number of carbonyl (C=O) groups excluding carboxylic acids is 4. The number of hydrogen-bond acceptors (Lipinski definition) is 9. The van der Waals surface area contributed by atoms with E-state index in [2.05, 4.69) is 10.6 Å². The van der Waals surface area contributed by atoms with E-state index in [1.165, 1.54) is 16.7 Å². The number of aliphatic hydroxyl groups is 1. The number of esters is 1. The molecular formula is C24H36N4O7S. The molecule has 2 saturated heterocycles. The van der Waals surface area contributed by atoms with Crippen molar-refractivity contribution in [3.05, 3.63) is 23.8 Å². The topological polar surface area (TPSA) is 160 Å². The highest BCUT2D eigenvalue weighted by atomic mass is 32.2. The summed E-state index contributed by atoms with van der Waals surface area (Å²) in [6.45, 7) is 10.1. The maximum atomic E-state index is 13.5. The third-order valence-corrected chi connectivity index (χ3v) is 7.06. The van der Waals surface area contributed by atoms with Crippen LogP contribution in [0.4, 0.5) is 4.79 Å². The average Bonchev–Trinajstić information content (AvgIpc) is 2.74. The fraction of sp³-hybridized carbons (Fsp3) is 0.667. The van der Waals surface area contributed by atoms with Crippen LogP contribution in [0.1, 0.15) is 54.4 Å². The number of β-lactam (4-membered cyclic amide) rings is 1. The van der Waals surface area contributed by atoms with Crippen molar-refractivity contribution in [1.82, 2.24) is 15.5 Å². The minimum atomic E-state index is -1.96. The van der Waals surface area contributed by atoms with Crippen molar-refractivity contribution in [2.45, 2.75) is 94.8 Å². The lowest BCUT2D eigenvalue weighted by Gasteiger charge is -2.54. The first-order valence-corrected chi connectivity index (χ1v) is 12.9. The molecule has 2 fully saturated rings. The number of alkyl carbamates (subject to hydrolysis) is 1. The monoisotopic (exact) mass is 524 g/mol.